The zero-order valence-electron chi connectivity index (χ0n) is 10.6. The van der Waals surface area contributed by atoms with E-state index >= 15 is 0 Å². The van der Waals surface area contributed by atoms with Crippen LogP contribution in [0.2, 0.25) is 5.02 Å². The first kappa shape index (κ1) is 14.8. The van der Waals surface area contributed by atoms with Gasteiger partial charge in [0.15, 0.2) is 0 Å². The number of halogens is 2. The summed E-state index contributed by atoms with van der Waals surface area (Å²) in [5, 5.41) is 12.3. The standard InChI is InChI=1S/C14H12BrClN2O2/c1-8(9-2-4-10(15)5-3-9)18-13-6-11(14(19)20)12(16)7-17-13/h2-8H,1H3,(H,17,18)(H,19,20). The van der Waals surface area contributed by atoms with Crippen LogP contribution in [0.4, 0.5) is 5.82 Å². The van der Waals surface area contributed by atoms with Crippen LogP contribution < -0.4 is 5.32 Å². The first-order valence-electron chi connectivity index (χ1n) is 5.88. The van der Waals surface area contributed by atoms with E-state index in [1.54, 1.807) is 0 Å². The third-order valence-corrected chi connectivity index (χ3v) is 3.65. The number of aromatic carboxylic acids is 1. The summed E-state index contributed by atoms with van der Waals surface area (Å²) in [6, 6.07) is 9.29. The second-order valence-electron chi connectivity index (χ2n) is 4.27. The van der Waals surface area contributed by atoms with Crippen molar-refractivity contribution in [1.82, 2.24) is 4.98 Å². The molecule has 0 aliphatic heterocycles. The number of carboxylic acid groups (broad SMARTS) is 1. The lowest BCUT2D eigenvalue weighted by atomic mass is 10.1. The van der Waals surface area contributed by atoms with Crippen molar-refractivity contribution >= 4 is 39.3 Å². The highest BCUT2D eigenvalue weighted by Gasteiger charge is 2.12. The molecule has 1 atom stereocenters. The normalized spacial score (nSPS) is 11.9. The van der Waals surface area contributed by atoms with Gasteiger partial charge < -0.3 is 10.4 Å². The number of rotatable bonds is 4. The monoisotopic (exact) mass is 354 g/mol. The predicted octanol–water partition coefficient (Wildman–Crippen LogP) is 4.37. The third-order valence-electron chi connectivity index (χ3n) is 2.82. The molecule has 1 unspecified atom stereocenters. The maximum absolute atomic E-state index is 11.0. The molecule has 0 aliphatic carbocycles. The summed E-state index contributed by atoms with van der Waals surface area (Å²) in [4.78, 5) is 15.1. The molecule has 0 saturated heterocycles. The van der Waals surface area contributed by atoms with E-state index in [0.717, 1.165) is 10.0 Å². The molecule has 2 rings (SSSR count). The Morgan fingerprint density at radius 2 is 2.05 bits per heavy atom. The molecule has 1 aromatic carbocycles. The van der Waals surface area contributed by atoms with Crippen LogP contribution in [-0.2, 0) is 0 Å². The molecule has 0 bridgehead atoms. The maximum Gasteiger partial charge on any atom is 0.337 e. The van der Waals surface area contributed by atoms with E-state index in [1.807, 2.05) is 31.2 Å². The van der Waals surface area contributed by atoms with E-state index in [1.165, 1.54) is 12.3 Å². The van der Waals surface area contributed by atoms with Crippen molar-refractivity contribution in [2.24, 2.45) is 0 Å². The van der Waals surface area contributed by atoms with Crippen LogP contribution >= 0.6 is 27.5 Å². The van der Waals surface area contributed by atoms with Crippen molar-refractivity contribution in [3.8, 4) is 0 Å². The van der Waals surface area contributed by atoms with Gasteiger partial charge >= 0.3 is 5.97 Å². The molecule has 2 N–H and O–H groups in total. The summed E-state index contributed by atoms with van der Waals surface area (Å²) >= 11 is 9.17. The largest absolute Gasteiger partial charge is 0.478 e. The molecule has 0 amide bonds. The number of benzene rings is 1. The number of anilines is 1. The lowest BCUT2D eigenvalue weighted by Gasteiger charge is -2.15. The van der Waals surface area contributed by atoms with Gasteiger partial charge in [0.1, 0.15) is 5.82 Å². The zero-order chi connectivity index (χ0) is 14.7. The fourth-order valence-electron chi connectivity index (χ4n) is 1.74. The highest BCUT2D eigenvalue weighted by atomic mass is 79.9. The fourth-order valence-corrected chi connectivity index (χ4v) is 2.19. The van der Waals surface area contributed by atoms with Gasteiger partial charge in [-0.25, -0.2) is 9.78 Å². The van der Waals surface area contributed by atoms with Gasteiger partial charge in [0.2, 0.25) is 0 Å². The van der Waals surface area contributed by atoms with Gasteiger partial charge in [-0.1, -0.05) is 39.7 Å². The van der Waals surface area contributed by atoms with Crippen LogP contribution in [0.3, 0.4) is 0 Å². The van der Waals surface area contributed by atoms with Gasteiger partial charge in [-0.3, -0.25) is 0 Å². The molecule has 0 radical (unpaired) electrons. The van der Waals surface area contributed by atoms with Gasteiger partial charge in [0, 0.05) is 16.7 Å². The van der Waals surface area contributed by atoms with Crippen LogP contribution in [0.5, 0.6) is 0 Å². The number of nitrogens with one attached hydrogen (secondary N) is 1. The Bertz CT molecular complexity index is 632. The van der Waals surface area contributed by atoms with Crippen molar-refractivity contribution in [2.45, 2.75) is 13.0 Å². The van der Waals surface area contributed by atoms with Gasteiger partial charge in [-0.05, 0) is 30.7 Å². The number of hydrogen-bond acceptors (Lipinski definition) is 3. The highest BCUT2D eigenvalue weighted by molar-refractivity contribution is 9.10. The average Bonchev–Trinajstić information content (AvgIpc) is 2.41. The summed E-state index contributed by atoms with van der Waals surface area (Å²) in [6.45, 7) is 1.97. The maximum atomic E-state index is 11.0. The third kappa shape index (κ3) is 3.49. The van der Waals surface area contributed by atoms with E-state index in [9.17, 15) is 4.79 Å². The Morgan fingerprint density at radius 1 is 1.40 bits per heavy atom. The number of hydrogen-bond donors (Lipinski definition) is 2. The van der Waals surface area contributed by atoms with Gasteiger partial charge in [0.25, 0.3) is 0 Å². The minimum atomic E-state index is -1.07. The molecule has 2 aromatic rings. The van der Waals surface area contributed by atoms with Crippen LogP contribution in [-0.4, -0.2) is 16.1 Å². The summed E-state index contributed by atoms with van der Waals surface area (Å²) in [5.74, 6) is -0.598. The molecule has 104 valence electrons. The quantitative estimate of drug-likeness (QED) is 0.855. The minimum Gasteiger partial charge on any atom is -0.478 e. The molecule has 0 fully saturated rings. The summed E-state index contributed by atoms with van der Waals surface area (Å²) < 4.78 is 1.01. The molecule has 4 nitrogen and oxygen atoms in total. The SMILES string of the molecule is CC(Nc1cc(C(=O)O)c(Cl)cn1)c1ccc(Br)cc1. The summed E-state index contributed by atoms with van der Waals surface area (Å²) in [5.41, 5.74) is 1.11. The van der Waals surface area contributed by atoms with Gasteiger partial charge in [-0.2, -0.15) is 0 Å². The Morgan fingerprint density at radius 3 is 2.65 bits per heavy atom. The molecule has 6 heteroatoms. The van der Waals surface area contributed by atoms with Crippen LogP contribution in [0.1, 0.15) is 28.9 Å². The Labute approximate surface area is 129 Å². The van der Waals surface area contributed by atoms with Crippen molar-refractivity contribution in [3.05, 3.63) is 57.2 Å². The van der Waals surface area contributed by atoms with E-state index in [2.05, 4.69) is 26.2 Å². The Hall–Kier alpha value is -1.59. The number of pyridine rings is 1. The highest BCUT2D eigenvalue weighted by Crippen LogP contribution is 2.23. The number of aromatic nitrogens is 1. The molecule has 0 aliphatic rings. The van der Waals surface area contributed by atoms with Crippen LogP contribution in [0, 0.1) is 0 Å². The lowest BCUT2D eigenvalue weighted by molar-refractivity contribution is 0.0697. The molecule has 1 aromatic heterocycles. The smallest absolute Gasteiger partial charge is 0.337 e. The minimum absolute atomic E-state index is 0.00146. The lowest BCUT2D eigenvalue weighted by Crippen LogP contribution is -2.09. The van der Waals surface area contributed by atoms with Crippen molar-refractivity contribution in [1.29, 1.82) is 0 Å². The van der Waals surface area contributed by atoms with Crippen molar-refractivity contribution in [2.75, 3.05) is 5.32 Å². The average molecular weight is 356 g/mol. The molecule has 1 heterocycles. The van der Waals surface area contributed by atoms with E-state index in [0.29, 0.717) is 5.82 Å². The second-order valence-corrected chi connectivity index (χ2v) is 5.59. The number of carbonyl (C=O) groups is 1. The number of nitrogens with zero attached hydrogens (tertiary/aromatic N) is 1. The van der Waals surface area contributed by atoms with Crippen molar-refractivity contribution < 1.29 is 9.90 Å². The van der Waals surface area contributed by atoms with Crippen molar-refractivity contribution in [3.63, 3.8) is 0 Å². The fraction of sp³-hybridized carbons (Fsp3) is 0.143. The topological polar surface area (TPSA) is 62.2 Å². The molecular formula is C14H12BrClN2O2. The first-order chi connectivity index (χ1) is 9.47. The molecule has 0 spiro atoms. The molecular weight excluding hydrogens is 344 g/mol. The van der Waals surface area contributed by atoms with Crippen LogP contribution in [0.25, 0.3) is 0 Å². The van der Waals surface area contributed by atoms with Crippen LogP contribution in [0.15, 0.2) is 41.0 Å². The van der Waals surface area contributed by atoms with Gasteiger partial charge in [-0.15, -0.1) is 0 Å². The first-order valence-corrected chi connectivity index (χ1v) is 7.05. The Kier molecular flexibility index (Phi) is 4.62. The second kappa shape index (κ2) is 6.24. The summed E-state index contributed by atoms with van der Waals surface area (Å²) in [6.07, 6.45) is 1.33. The van der Waals surface area contributed by atoms with E-state index in [4.69, 9.17) is 16.7 Å². The predicted molar refractivity (Wildman–Crippen MR) is 82.4 cm³/mol. The molecule has 20 heavy (non-hydrogen) atoms. The van der Waals surface area contributed by atoms with Gasteiger partial charge in [0.05, 0.1) is 10.6 Å². The summed E-state index contributed by atoms with van der Waals surface area (Å²) in [7, 11) is 0. The molecule has 0 saturated carbocycles. The van der Waals surface area contributed by atoms with E-state index < -0.39 is 5.97 Å². The number of carboxylic acids is 1. The zero-order valence-corrected chi connectivity index (χ0v) is 12.9. The van der Waals surface area contributed by atoms with E-state index in [-0.39, 0.29) is 16.6 Å². The Balaban J connectivity index is 2.19.